The van der Waals surface area contributed by atoms with Crippen molar-refractivity contribution >= 4 is 58.2 Å². The first kappa shape index (κ1) is 26.5. The van der Waals surface area contributed by atoms with Crippen LogP contribution in [0, 0.1) is 0 Å². The zero-order valence-electron chi connectivity index (χ0n) is 21.0. The molecule has 11 nitrogen and oxygen atoms in total. The van der Waals surface area contributed by atoms with Crippen molar-refractivity contribution in [2.75, 3.05) is 74.9 Å². The molecule has 4 rings (SSSR count). The van der Waals surface area contributed by atoms with E-state index in [0.717, 1.165) is 37.6 Å². The average molecular weight is 547 g/mol. The number of nitrogens with one attached hydrogen (secondary N) is 2. The third-order valence-corrected chi connectivity index (χ3v) is 6.71. The second kappa shape index (κ2) is 11.7. The van der Waals surface area contributed by atoms with Crippen LogP contribution in [-0.4, -0.2) is 80.4 Å². The van der Waals surface area contributed by atoms with E-state index in [1.165, 1.54) is 38.6 Å². The van der Waals surface area contributed by atoms with Crippen molar-refractivity contribution in [2.45, 2.75) is 0 Å². The molecule has 0 spiro atoms. The van der Waals surface area contributed by atoms with E-state index >= 15 is 0 Å². The predicted molar refractivity (Wildman–Crippen MR) is 146 cm³/mol. The summed E-state index contributed by atoms with van der Waals surface area (Å²) in [6, 6.07) is 9.01. The minimum atomic E-state index is -0.576. The minimum absolute atomic E-state index is 0.117. The van der Waals surface area contributed by atoms with Gasteiger partial charge >= 0.3 is 6.03 Å². The topological polar surface area (TPSA) is 108 Å². The molecule has 2 N–H and O–H groups in total. The standard InChI is InChI=1S/C24H28Cl2N8O3/c1-32-9-11-34(12-10-32)16-7-5-15(6-8-16)29-22-27-14-28-23(31-22)33(2)24(35)30-21-19(25)17(36-3)13-18(37-4)20(21)26/h5-8,13-14H,9-12H2,1-4H3,(H,30,35)(H,27,28,29,31). The first-order valence-electron chi connectivity index (χ1n) is 11.4. The number of urea groups is 1. The van der Waals surface area contributed by atoms with Crippen LogP contribution in [0.2, 0.25) is 10.0 Å². The molecular formula is C24H28Cl2N8O3. The van der Waals surface area contributed by atoms with Gasteiger partial charge in [-0.05, 0) is 31.3 Å². The summed E-state index contributed by atoms with van der Waals surface area (Å²) in [5.74, 6) is 1.000. The quantitative estimate of drug-likeness (QED) is 0.446. The molecule has 0 unspecified atom stereocenters. The molecule has 1 aliphatic rings. The zero-order chi connectivity index (χ0) is 26.5. The summed E-state index contributed by atoms with van der Waals surface area (Å²) in [7, 11) is 6.55. The Morgan fingerprint density at radius 1 is 1.00 bits per heavy atom. The SMILES string of the molecule is COc1cc(OC)c(Cl)c(NC(=O)N(C)c2ncnc(Nc3ccc(N4CCN(C)CC4)cc3)n2)c1Cl. The predicted octanol–water partition coefficient (Wildman–Crippen LogP) is 4.36. The number of nitrogens with zero attached hydrogens (tertiary/aromatic N) is 6. The maximum absolute atomic E-state index is 13.0. The Hall–Kier alpha value is -3.54. The van der Waals surface area contributed by atoms with Crippen LogP contribution in [0.4, 0.5) is 33.8 Å². The van der Waals surface area contributed by atoms with Crippen molar-refractivity contribution in [3.63, 3.8) is 0 Å². The first-order valence-corrected chi connectivity index (χ1v) is 12.2. The van der Waals surface area contributed by atoms with Crippen LogP contribution in [0.15, 0.2) is 36.7 Å². The van der Waals surface area contributed by atoms with Gasteiger partial charge in [-0.25, -0.2) is 14.8 Å². The normalized spacial score (nSPS) is 13.7. The fourth-order valence-corrected chi connectivity index (χ4v) is 4.33. The molecular weight excluding hydrogens is 519 g/mol. The van der Waals surface area contributed by atoms with E-state index in [1.54, 1.807) is 0 Å². The molecule has 13 heteroatoms. The van der Waals surface area contributed by atoms with Gasteiger partial charge in [0, 0.05) is 50.7 Å². The van der Waals surface area contributed by atoms with E-state index in [1.807, 2.05) is 12.1 Å². The highest BCUT2D eigenvalue weighted by Gasteiger charge is 2.22. The van der Waals surface area contributed by atoms with E-state index in [-0.39, 0.29) is 27.6 Å². The van der Waals surface area contributed by atoms with Crippen molar-refractivity contribution in [1.82, 2.24) is 19.9 Å². The Bertz CT molecular complexity index is 1230. The molecule has 37 heavy (non-hydrogen) atoms. The smallest absolute Gasteiger partial charge is 0.328 e. The van der Waals surface area contributed by atoms with Gasteiger partial charge in [-0.1, -0.05) is 23.2 Å². The van der Waals surface area contributed by atoms with Gasteiger partial charge in [-0.15, -0.1) is 0 Å². The number of carbonyl (C=O) groups is 1. The number of ether oxygens (including phenoxy) is 2. The summed E-state index contributed by atoms with van der Waals surface area (Å²) in [5, 5.41) is 6.09. The minimum Gasteiger partial charge on any atom is -0.495 e. The number of rotatable bonds is 7. The lowest BCUT2D eigenvalue weighted by Crippen LogP contribution is -2.44. The van der Waals surface area contributed by atoms with Gasteiger partial charge in [0.25, 0.3) is 0 Å². The van der Waals surface area contributed by atoms with Gasteiger partial charge in [0.15, 0.2) is 0 Å². The van der Waals surface area contributed by atoms with E-state index in [9.17, 15) is 4.79 Å². The van der Waals surface area contributed by atoms with Crippen molar-refractivity contribution in [2.24, 2.45) is 0 Å². The molecule has 0 bridgehead atoms. The zero-order valence-corrected chi connectivity index (χ0v) is 22.5. The number of methoxy groups -OCH3 is 2. The monoisotopic (exact) mass is 546 g/mol. The molecule has 2 amide bonds. The first-order chi connectivity index (χ1) is 17.8. The van der Waals surface area contributed by atoms with Crippen molar-refractivity contribution < 1.29 is 14.3 Å². The Labute approximate surface area is 225 Å². The summed E-state index contributed by atoms with van der Waals surface area (Å²) < 4.78 is 10.5. The molecule has 2 aromatic carbocycles. The molecule has 0 saturated carbocycles. The number of amides is 2. The van der Waals surface area contributed by atoms with Crippen LogP contribution in [0.1, 0.15) is 0 Å². The van der Waals surface area contributed by atoms with Gasteiger partial charge in [0.05, 0.1) is 19.9 Å². The Balaban J connectivity index is 1.45. The summed E-state index contributed by atoms with van der Waals surface area (Å²) in [6.07, 6.45) is 1.32. The molecule has 1 fully saturated rings. The summed E-state index contributed by atoms with van der Waals surface area (Å²) >= 11 is 12.7. The lowest BCUT2D eigenvalue weighted by Gasteiger charge is -2.34. The second-order valence-corrected chi connectivity index (χ2v) is 9.10. The molecule has 2 heterocycles. The van der Waals surface area contributed by atoms with Crippen LogP contribution in [-0.2, 0) is 0 Å². The van der Waals surface area contributed by atoms with Crippen molar-refractivity contribution in [3.05, 3.63) is 46.7 Å². The van der Waals surface area contributed by atoms with Gasteiger partial charge in [0.2, 0.25) is 11.9 Å². The molecule has 0 radical (unpaired) electrons. The molecule has 0 atom stereocenters. The summed E-state index contributed by atoms with van der Waals surface area (Å²) in [5.41, 5.74) is 2.12. The number of anilines is 5. The van der Waals surface area contributed by atoms with E-state index in [0.29, 0.717) is 11.5 Å². The number of halogens is 2. The Morgan fingerprint density at radius 3 is 2.22 bits per heavy atom. The van der Waals surface area contributed by atoms with Crippen LogP contribution in [0.5, 0.6) is 11.5 Å². The number of hydrogen-bond acceptors (Lipinski definition) is 9. The van der Waals surface area contributed by atoms with Crippen LogP contribution in [0.3, 0.4) is 0 Å². The Morgan fingerprint density at radius 2 is 1.62 bits per heavy atom. The number of likely N-dealkylation sites (N-methyl/N-ethyl adjacent to an activating group) is 1. The second-order valence-electron chi connectivity index (χ2n) is 8.34. The van der Waals surface area contributed by atoms with E-state index < -0.39 is 6.03 Å². The number of benzene rings is 2. The molecule has 196 valence electrons. The van der Waals surface area contributed by atoms with Gasteiger partial charge in [-0.2, -0.15) is 4.98 Å². The largest absolute Gasteiger partial charge is 0.495 e. The number of aromatic nitrogens is 3. The highest BCUT2D eigenvalue weighted by molar-refractivity contribution is 6.41. The van der Waals surface area contributed by atoms with Crippen LogP contribution < -0.4 is 29.9 Å². The molecule has 1 aromatic heterocycles. The molecule has 3 aromatic rings. The maximum Gasteiger partial charge on any atom is 0.328 e. The fourth-order valence-electron chi connectivity index (χ4n) is 3.74. The fraction of sp³-hybridized carbons (Fsp3) is 0.333. The van der Waals surface area contributed by atoms with E-state index in [2.05, 4.69) is 54.6 Å². The third kappa shape index (κ3) is 6.07. The van der Waals surface area contributed by atoms with Crippen molar-refractivity contribution in [3.8, 4) is 11.5 Å². The molecule has 1 saturated heterocycles. The maximum atomic E-state index is 13.0. The highest BCUT2D eigenvalue weighted by Crippen LogP contribution is 2.44. The summed E-state index contributed by atoms with van der Waals surface area (Å²) in [6.45, 7) is 4.07. The van der Waals surface area contributed by atoms with Crippen LogP contribution >= 0.6 is 23.2 Å². The van der Waals surface area contributed by atoms with Crippen LogP contribution in [0.25, 0.3) is 0 Å². The third-order valence-electron chi connectivity index (χ3n) is 5.96. The summed E-state index contributed by atoms with van der Waals surface area (Å²) in [4.78, 5) is 31.5. The Kier molecular flexibility index (Phi) is 8.37. The van der Waals surface area contributed by atoms with Gasteiger partial charge in [0.1, 0.15) is 27.9 Å². The van der Waals surface area contributed by atoms with Gasteiger partial charge in [-0.3, -0.25) is 4.90 Å². The lowest BCUT2D eigenvalue weighted by atomic mass is 10.2. The number of hydrogen-bond donors (Lipinski definition) is 2. The highest BCUT2D eigenvalue weighted by atomic mass is 35.5. The molecule has 0 aliphatic carbocycles. The number of piperazine rings is 1. The molecule has 1 aliphatic heterocycles. The van der Waals surface area contributed by atoms with Gasteiger partial charge < -0.3 is 29.9 Å². The van der Waals surface area contributed by atoms with E-state index in [4.69, 9.17) is 32.7 Å². The average Bonchev–Trinajstić information content (AvgIpc) is 2.92. The number of carbonyl (C=O) groups excluding carboxylic acids is 1. The van der Waals surface area contributed by atoms with Crippen molar-refractivity contribution in [1.29, 1.82) is 0 Å². The lowest BCUT2D eigenvalue weighted by molar-refractivity contribution is 0.257.